The zero-order valence-corrected chi connectivity index (χ0v) is 8.99. The topological polar surface area (TPSA) is 39.1 Å². The third-order valence-corrected chi connectivity index (χ3v) is 2.14. The minimum Gasteiger partial charge on any atom is -0.383 e. The molecule has 1 heterocycles. The summed E-state index contributed by atoms with van der Waals surface area (Å²) in [4.78, 5) is 0. The summed E-state index contributed by atoms with van der Waals surface area (Å²) in [6.45, 7) is 5.72. The third kappa shape index (κ3) is 3.47. The van der Waals surface area contributed by atoms with Crippen molar-refractivity contribution in [3.05, 3.63) is 18.0 Å². The van der Waals surface area contributed by atoms with Crippen LogP contribution in [-0.2, 0) is 17.7 Å². The van der Waals surface area contributed by atoms with Crippen LogP contribution in [0.3, 0.4) is 0 Å². The van der Waals surface area contributed by atoms with E-state index < -0.39 is 0 Å². The summed E-state index contributed by atoms with van der Waals surface area (Å²) in [6, 6.07) is 2.07. The van der Waals surface area contributed by atoms with Gasteiger partial charge < -0.3 is 10.1 Å². The number of aryl methyl sites for hydroxylation is 1. The lowest BCUT2D eigenvalue weighted by molar-refractivity contribution is 0.199. The van der Waals surface area contributed by atoms with Crippen molar-refractivity contribution < 1.29 is 4.74 Å². The monoisotopic (exact) mass is 197 g/mol. The van der Waals surface area contributed by atoms with Crippen LogP contribution in [0, 0.1) is 0 Å². The van der Waals surface area contributed by atoms with Crippen molar-refractivity contribution in [2.24, 2.45) is 0 Å². The van der Waals surface area contributed by atoms with E-state index in [0.717, 1.165) is 32.7 Å². The van der Waals surface area contributed by atoms with Crippen LogP contribution < -0.4 is 5.32 Å². The molecule has 0 saturated heterocycles. The second-order valence-corrected chi connectivity index (χ2v) is 3.13. The highest BCUT2D eigenvalue weighted by atomic mass is 16.5. The van der Waals surface area contributed by atoms with Crippen LogP contribution >= 0.6 is 0 Å². The second kappa shape index (κ2) is 6.56. The molecule has 0 atom stereocenters. The fourth-order valence-electron chi connectivity index (χ4n) is 1.37. The molecular weight excluding hydrogens is 178 g/mol. The van der Waals surface area contributed by atoms with Crippen LogP contribution in [0.4, 0.5) is 0 Å². The van der Waals surface area contributed by atoms with Crippen molar-refractivity contribution in [1.82, 2.24) is 15.1 Å². The lowest BCUT2D eigenvalue weighted by Gasteiger charge is -2.05. The number of aromatic nitrogens is 2. The maximum atomic E-state index is 4.94. The van der Waals surface area contributed by atoms with Gasteiger partial charge in [0.05, 0.1) is 6.61 Å². The van der Waals surface area contributed by atoms with E-state index in [2.05, 4.69) is 23.4 Å². The first-order valence-electron chi connectivity index (χ1n) is 5.08. The third-order valence-electron chi connectivity index (χ3n) is 2.14. The van der Waals surface area contributed by atoms with Crippen LogP contribution in [0.25, 0.3) is 0 Å². The number of hydrogen-bond donors (Lipinski definition) is 1. The van der Waals surface area contributed by atoms with Crippen LogP contribution in [0.1, 0.15) is 12.6 Å². The first-order chi connectivity index (χ1) is 6.88. The highest BCUT2D eigenvalue weighted by Crippen LogP contribution is 1.98. The quantitative estimate of drug-likeness (QED) is 0.653. The van der Waals surface area contributed by atoms with Crippen LogP contribution in [-0.4, -0.2) is 36.6 Å². The van der Waals surface area contributed by atoms with E-state index in [1.165, 1.54) is 5.69 Å². The lowest BCUT2D eigenvalue weighted by Crippen LogP contribution is -2.22. The van der Waals surface area contributed by atoms with Gasteiger partial charge in [0, 0.05) is 45.1 Å². The minimum absolute atomic E-state index is 0.771. The molecule has 4 nitrogen and oxygen atoms in total. The molecule has 1 aromatic rings. The van der Waals surface area contributed by atoms with Gasteiger partial charge in [-0.05, 0) is 13.0 Å². The number of nitrogens with one attached hydrogen (secondary N) is 1. The van der Waals surface area contributed by atoms with Crippen LogP contribution in [0.15, 0.2) is 12.3 Å². The van der Waals surface area contributed by atoms with Crippen molar-refractivity contribution in [2.45, 2.75) is 19.9 Å². The number of hydrogen-bond acceptors (Lipinski definition) is 3. The van der Waals surface area contributed by atoms with Gasteiger partial charge in [-0.25, -0.2) is 0 Å². The van der Waals surface area contributed by atoms with E-state index in [1.54, 1.807) is 7.11 Å². The molecular formula is C10H19N3O. The zero-order chi connectivity index (χ0) is 10.2. The van der Waals surface area contributed by atoms with Crippen LogP contribution in [0.5, 0.6) is 0 Å². The Morgan fingerprint density at radius 1 is 1.50 bits per heavy atom. The van der Waals surface area contributed by atoms with E-state index in [0.29, 0.717) is 0 Å². The van der Waals surface area contributed by atoms with Crippen molar-refractivity contribution in [3.63, 3.8) is 0 Å². The predicted molar refractivity (Wildman–Crippen MR) is 56.4 cm³/mol. The smallest absolute Gasteiger partial charge is 0.0587 e. The summed E-state index contributed by atoms with van der Waals surface area (Å²) in [7, 11) is 1.72. The molecule has 80 valence electrons. The molecule has 0 amide bonds. The van der Waals surface area contributed by atoms with Gasteiger partial charge in [0.25, 0.3) is 0 Å². The molecule has 1 aromatic heterocycles. The Balaban J connectivity index is 2.17. The Hall–Kier alpha value is -0.870. The normalized spacial score (nSPS) is 10.7. The van der Waals surface area contributed by atoms with Gasteiger partial charge >= 0.3 is 0 Å². The summed E-state index contributed by atoms with van der Waals surface area (Å²) < 4.78 is 6.97. The summed E-state index contributed by atoms with van der Waals surface area (Å²) >= 11 is 0. The van der Waals surface area contributed by atoms with Crippen molar-refractivity contribution in [1.29, 1.82) is 0 Å². The molecule has 0 radical (unpaired) electrons. The Labute approximate surface area is 85.3 Å². The maximum absolute atomic E-state index is 4.94. The fraction of sp³-hybridized carbons (Fsp3) is 0.700. The predicted octanol–water partition coefficient (Wildman–Crippen LogP) is 0.681. The molecule has 0 aliphatic rings. The molecule has 0 fully saturated rings. The van der Waals surface area contributed by atoms with Gasteiger partial charge in [-0.2, -0.15) is 5.10 Å². The Bertz CT molecular complexity index is 247. The molecule has 0 spiro atoms. The summed E-state index contributed by atoms with van der Waals surface area (Å²) in [6.07, 6.45) is 2.88. The van der Waals surface area contributed by atoms with Gasteiger partial charge in [-0.1, -0.05) is 0 Å². The Kier molecular flexibility index (Phi) is 5.25. The summed E-state index contributed by atoms with van der Waals surface area (Å²) in [5, 5.41) is 7.52. The van der Waals surface area contributed by atoms with E-state index >= 15 is 0 Å². The number of ether oxygens (including phenoxy) is 1. The molecule has 0 bridgehead atoms. The molecule has 0 unspecified atom stereocenters. The fourth-order valence-corrected chi connectivity index (χ4v) is 1.37. The van der Waals surface area contributed by atoms with Crippen molar-refractivity contribution in [3.8, 4) is 0 Å². The van der Waals surface area contributed by atoms with E-state index in [-0.39, 0.29) is 0 Å². The first-order valence-corrected chi connectivity index (χ1v) is 5.08. The maximum Gasteiger partial charge on any atom is 0.0587 e. The van der Waals surface area contributed by atoms with Gasteiger partial charge in [0.1, 0.15) is 0 Å². The van der Waals surface area contributed by atoms with Crippen molar-refractivity contribution >= 4 is 0 Å². The largest absolute Gasteiger partial charge is 0.383 e. The standard InChI is InChI=1S/C10H19N3O/c1-3-13-10(5-7-12-13)4-6-11-8-9-14-2/h5,7,11H,3-4,6,8-9H2,1-2H3. The molecule has 0 aliphatic heterocycles. The average molecular weight is 197 g/mol. The van der Waals surface area contributed by atoms with Gasteiger partial charge in [0.2, 0.25) is 0 Å². The number of nitrogens with zero attached hydrogens (tertiary/aromatic N) is 2. The Morgan fingerprint density at radius 3 is 3.07 bits per heavy atom. The van der Waals surface area contributed by atoms with E-state index in [1.807, 2.05) is 10.9 Å². The van der Waals surface area contributed by atoms with Crippen LogP contribution in [0.2, 0.25) is 0 Å². The molecule has 1 N–H and O–H groups in total. The highest BCUT2D eigenvalue weighted by molar-refractivity contribution is 5.00. The summed E-state index contributed by atoms with van der Waals surface area (Å²) in [5.74, 6) is 0. The zero-order valence-electron chi connectivity index (χ0n) is 8.99. The number of rotatable bonds is 7. The molecule has 1 rings (SSSR count). The van der Waals surface area contributed by atoms with Crippen molar-refractivity contribution in [2.75, 3.05) is 26.8 Å². The molecule has 0 aromatic carbocycles. The van der Waals surface area contributed by atoms with Gasteiger partial charge in [-0.15, -0.1) is 0 Å². The molecule has 4 heteroatoms. The molecule has 0 aliphatic carbocycles. The number of methoxy groups -OCH3 is 1. The highest BCUT2D eigenvalue weighted by Gasteiger charge is 1.98. The molecule has 0 saturated carbocycles. The van der Waals surface area contributed by atoms with E-state index in [9.17, 15) is 0 Å². The van der Waals surface area contributed by atoms with Gasteiger partial charge in [0.15, 0.2) is 0 Å². The summed E-state index contributed by atoms with van der Waals surface area (Å²) in [5.41, 5.74) is 1.29. The van der Waals surface area contributed by atoms with Gasteiger partial charge in [-0.3, -0.25) is 4.68 Å². The Morgan fingerprint density at radius 2 is 2.36 bits per heavy atom. The average Bonchev–Trinajstić information content (AvgIpc) is 2.65. The molecule has 14 heavy (non-hydrogen) atoms. The SMILES string of the molecule is CCn1nccc1CCNCCOC. The minimum atomic E-state index is 0.771. The second-order valence-electron chi connectivity index (χ2n) is 3.13. The first kappa shape index (κ1) is 11.2. The van der Waals surface area contributed by atoms with E-state index in [4.69, 9.17) is 4.74 Å². The lowest BCUT2D eigenvalue weighted by atomic mass is 10.3.